The fourth-order valence-corrected chi connectivity index (χ4v) is 3.24. The molecular formula is C13H12Cl2O. The van der Waals surface area contributed by atoms with Crippen molar-refractivity contribution < 1.29 is 4.74 Å². The molecule has 0 N–H and O–H groups in total. The summed E-state index contributed by atoms with van der Waals surface area (Å²) in [5.74, 6) is 0.860. The van der Waals surface area contributed by atoms with Crippen LogP contribution >= 0.6 is 23.2 Å². The molecule has 1 aliphatic carbocycles. The molecule has 0 saturated heterocycles. The van der Waals surface area contributed by atoms with Gasteiger partial charge in [-0.05, 0) is 37.8 Å². The minimum Gasteiger partial charge on any atom is -0.481 e. The highest BCUT2D eigenvalue weighted by molar-refractivity contribution is 6.55. The van der Waals surface area contributed by atoms with Gasteiger partial charge in [-0.1, -0.05) is 35.3 Å². The maximum Gasteiger partial charge on any atom is 0.146 e. The summed E-state index contributed by atoms with van der Waals surface area (Å²) in [6.07, 6.45) is 4.25. The molecule has 0 radical (unpaired) electrons. The van der Waals surface area contributed by atoms with E-state index in [4.69, 9.17) is 27.9 Å². The Balaban J connectivity index is 2.16. The Morgan fingerprint density at radius 2 is 1.75 bits per heavy atom. The van der Waals surface area contributed by atoms with Crippen LogP contribution in [0.3, 0.4) is 0 Å². The number of halogens is 2. The topological polar surface area (TPSA) is 9.23 Å². The normalized spacial score (nSPS) is 22.1. The predicted octanol–water partition coefficient (Wildman–Crippen LogP) is 4.54. The summed E-state index contributed by atoms with van der Waals surface area (Å²) >= 11 is 12.7. The molecule has 1 heterocycles. The van der Waals surface area contributed by atoms with Crippen molar-refractivity contribution in [1.29, 1.82) is 0 Å². The van der Waals surface area contributed by atoms with Crippen LogP contribution in [0.4, 0.5) is 0 Å². The molecule has 0 unspecified atom stereocenters. The van der Waals surface area contributed by atoms with Crippen molar-refractivity contribution in [3.8, 4) is 5.75 Å². The van der Waals surface area contributed by atoms with Crippen LogP contribution < -0.4 is 4.74 Å². The zero-order valence-corrected chi connectivity index (χ0v) is 10.3. The van der Waals surface area contributed by atoms with E-state index in [9.17, 15) is 0 Å². The summed E-state index contributed by atoms with van der Waals surface area (Å²) in [4.78, 5) is 0. The Morgan fingerprint density at radius 3 is 2.50 bits per heavy atom. The second-order valence-corrected chi connectivity index (χ2v) is 5.18. The molecule has 0 aromatic heterocycles. The van der Waals surface area contributed by atoms with Crippen molar-refractivity contribution in [3.63, 3.8) is 0 Å². The third kappa shape index (κ3) is 1.38. The van der Waals surface area contributed by atoms with Crippen LogP contribution in [0.15, 0.2) is 29.3 Å². The molecule has 3 heteroatoms. The molecule has 2 aliphatic rings. The minimum absolute atomic E-state index is 0.340. The zero-order valence-electron chi connectivity index (χ0n) is 8.80. The van der Waals surface area contributed by atoms with Gasteiger partial charge in [-0.25, -0.2) is 0 Å². The summed E-state index contributed by atoms with van der Waals surface area (Å²) in [5, 5.41) is 1.34. The van der Waals surface area contributed by atoms with Crippen LogP contribution in [0.2, 0.25) is 0 Å². The van der Waals surface area contributed by atoms with Gasteiger partial charge in [-0.2, -0.15) is 0 Å². The lowest BCUT2D eigenvalue weighted by molar-refractivity contribution is 0.120. The molecule has 1 nitrogen and oxygen atoms in total. The van der Waals surface area contributed by atoms with E-state index in [-0.39, 0.29) is 5.60 Å². The van der Waals surface area contributed by atoms with Crippen molar-refractivity contribution in [3.05, 3.63) is 34.9 Å². The summed E-state index contributed by atoms with van der Waals surface area (Å²) in [6, 6.07) is 7.81. The molecule has 0 amide bonds. The lowest BCUT2D eigenvalue weighted by Gasteiger charge is -2.35. The first-order valence-corrected chi connectivity index (χ1v) is 6.33. The van der Waals surface area contributed by atoms with Crippen molar-refractivity contribution >= 4 is 28.2 Å². The second kappa shape index (κ2) is 3.68. The maximum absolute atomic E-state index is 6.38. The summed E-state index contributed by atoms with van der Waals surface area (Å²) in [6.45, 7) is 0. The molecule has 84 valence electrons. The first-order valence-electron chi connectivity index (χ1n) is 5.57. The van der Waals surface area contributed by atoms with E-state index in [0.717, 1.165) is 37.0 Å². The molecule has 3 rings (SSSR count). The second-order valence-electron chi connectivity index (χ2n) is 4.43. The Bertz CT molecular complexity index is 459. The summed E-state index contributed by atoms with van der Waals surface area (Å²) in [7, 11) is 0. The Hall–Kier alpha value is -0.660. The van der Waals surface area contributed by atoms with Crippen molar-refractivity contribution in [2.24, 2.45) is 0 Å². The average Bonchev–Trinajstić information content (AvgIpc) is 2.76. The van der Waals surface area contributed by atoms with E-state index in [2.05, 4.69) is 0 Å². The van der Waals surface area contributed by atoms with Crippen LogP contribution in [0.5, 0.6) is 5.75 Å². The summed E-state index contributed by atoms with van der Waals surface area (Å²) < 4.78 is 6.09. The van der Waals surface area contributed by atoms with Crippen LogP contribution in [-0.4, -0.2) is 5.60 Å². The molecule has 0 bridgehead atoms. The van der Waals surface area contributed by atoms with Gasteiger partial charge in [0.15, 0.2) is 0 Å². The van der Waals surface area contributed by atoms with Crippen molar-refractivity contribution in [1.82, 2.24) is 0 Å². The molecule has 0 atom stereocenters. The van der Waals surface area contributed by atoms with Crippen LogP contribution in [0.25, 0.3) is 5.03 Å². The SMILES string of the molecule is ClC1=C(Cl)C2(CCCC2)Oc2ccccc21. The van der Waals surface area contributed by atoms with Gasteiger partial charge < -0.3 is 4.74 Å². The van der Waals surface area contributed by atoms with Gasteiger partial charge >= 0.3 is 0 Å². The Morgan fingerprint density at radius 1 is 1.06 bits per heavy atom. The smallest absolute Gasteiger partial charge is 0.146 e. The van der Waals surface area contributed by atoms with E-state index < -0.39 is 0 Å². The van der Waals surface area contributed by atoms with E-state index in [1.807, 2.05) is 24.3 Å². The molecule has 1 aromatic carbocycles. The summed E-state index contributed by atoms with van der Waals surface area (Å²) in [5.41, 5.74) is 0.569. The van der Waals surface area contributed by atoms with Gasteiger partial charge in [-0.3, -0.25) is 0 Å². The zero-order chi connectivity index (χ0) is 11.2. The first kappa shape index (κ1) is 10.5. The van der Waals surface area contributed by atoms with Crippen LogP contribution in [0, 0.1) is 0 Å². The van der Waals surface area contributed by atoms with E-state index in [1.54, 1.807) is 0 Å². The van der Waals surface area contributed by atoms with Gasteiger partial charge in [0.1, 0.15) is 11.4 Å². The molecular weight excluding hydrogens is 243 g/mol. The third-order valence-electron chi connectivity index (χ3n) is 3.43. The maximum atomic E-state index is 6.38. The molecule has 1 spiro atoms. The number of hydrogen-bond acceptors (Lipinski definition) is 1. The van der Waals surface area contributed by atoms with Gasteiger partial charge in [0.25, 0.3) is 0 Å². The lowest BCUT2D eigenvalue weighted by atomic mass is 9.96. The molecule has 1 aromatic rings. The predicted molar refractivity (Wildman–Crippen MR) is 66.9 cm³/mol. The third-order valence-corrected chi connectivity index (χ3v) is 4.46. The lowest BCUT2D eigenvalue weighted by Crippen LogP contribution is -2.36. The fourth-order valence-electron chi connectivity index (χ4n) is 2.58. The number of fused-ring (bicyclic) bond motifs is 1. The highest BCUT2D eigenvalue weighted by Crippen LogP contribution is 2.50. The van der Waals surface area contributed by atoms with Crippen LogP contribution in [0.1, 0.15) is 31.2 Å². The average molecular weight is 255 g/mol. The monoisotopic (exact) mass is 254 g/mol. The van der Waals surface area contributed by atoms with E-state index >= 15 is 0 Å². The van der Waals surface area contributed by atoms with Crippen molar-refractivity contribution in [2.45, 2.75) is 31.3 Å². The minimum atomic E-state index is -0.340. The van der Waals surface area contributed by atoms with Gasteiger partial charge in [0.05, 0.1) is 10.1 Å². The van der Waals surface area contributed by atoms with Gasteiger partial charge in [-0.15, -0.1) is 0 Å². The molecule has 1 saturated carbocycles. The number of benzene rings is 1. The number of ether oxygens (including phenoxy) is 1. The number of para-hydroxylation sites is 1. The standard InChI is InChI=1S/C13H12Cl2O/c14-11-9-5-1-2-6-10(9)16-13(12(11)15)7-3-4-8-13/h1-2,5-6H,3-4,7-8H2. The highest BCUT2D eigenvalue weighted by atomic mass is 35.5. The largest absolute Gasteiger partial charge is 0.481 e. The van der Waals surface area contributed by atoms with E-state index in [0.29, 0.717) is 10.1 Å². The van der Waals surface area contributed by atoms with Crippen LogP contribution in [-0.2, 0) is 0 Å². The van der Waals surface area contributed by atoms with E-state index in [1.165, 1.54) is 0 Å². The molecule has 1 aliphatic heterocycles. The quantitative estimate of drug-likeness (QED) is 0.661. The number of hydrogen-bond donors (Lipinski definition) is 0. The number of rotatable bonds is 0. The van der Waals surface area contributed by atoms with Crippen molar-refractivity contribution in [2.75, 3.05) is 0 Å². The molecule has 1 fully saturated rings. The fraction of sp³-hybridized carbons (Fsp3) is 0.385. The Labute approximate surface area is 105 Å². The molecule has 16 heavy (non-hydrogen) atoms. The Kier molecular flexibility index (Phi) is 2.41. The highest BCUT2D eigenvalue weighted by Gasteiger charge is 2.44. The van der Waals surface area contributed by atoms with Gasteiger partial charge in [0.2, 0.25) is 0 Å². The first-order chi connectivity index (χ1) is 7.73. The van der Waals surface area contributed by atoms with Gasteiger partial charge in [0, 0.05) is 5.56 Å².